The first kappa shape index (κ1) is 16.4. The van der Waals surface area contributed by atoms with Crippen LogP contribution in [0.3, 0.4) is 0 Å². The van der Waals surface area contributed by atoms with E-state index in [9.17, 15) is 4.79 Å². The second-order valence-corrected chi connectivity index (χ2v) is 6.27. The molecular formula is C19H20O2S. The molecule has 0 aliphatic rings. The third-order valence-corrected chi connectivity index (χ3v) is 4.49. The van der Waals surface area contributed by atoms with Crippen molar-refractivity contribution >= 4 is 17.7 Å². The van der Waals surface area contributed by atoms with Crippen molar-refractivity contribution in [1.82, 2.24) is 0 Å². The van der Waals surface area contributed by atoms with E-state index >= 15 is 0 Å². The molecular weight excluding hydrogens is 292 g/mol. The van der Waals surface area contributed by atoms with Gasteiger partial charge in [-0.3, -0.25) is 0 Å². The number of benzene rings is 2. The average molecular weight is 312 g/mol. The van der Waals surface area contributed by atoms with Gasteiger partial charge in [-0.2, -0.15) is 0 Å². The van der Waals surface area contributed by atoms with Crippen molar-refractivity contribution in [2.75, 3.05) is 6.61 Å². The number of thioether (sulfide) groups is 1. The van der Waals surface area contributed by atoms with Crippen molar-refractivity contribution in [3.63, 3.8) is 0 Å². The average Bonchev–Trinajstić information content (AvgIpc) is 2.56. The molecule has 2 nitrogen and oxygen atoms in total. The van der Waals surface area contributed by atoms with Crippen molar-refractivity contribution in [1.29, 1.82) is 0 Å². The maximum Gasteiger partial charge on any atom is 0.333 e. The molecule has 0 spiro atoms. The van der Waals surface area contributed by atoms with Crippen molar-refractivity contribution in [3.8, 4) is 0 Å². The van der Waals surface area contributed by atoms with Crippen LogP contribution in [0.25, 0.3) is 0 Å². The molecule has 22 heavy (non-hydrogen) atoms. The summed E-state index contributed by atoms with van der Waals surface area (Å²) in [5.74, 6) is 0.548. The fourth-order valence-corrected chi connectivity index (χ4v) is 3.05. The Kier molecular flexibility index (Phi) is 6.28. The van der Waals surface area contributed by atoms with Gasteiger partial charge in [-0.15, -0.1) is 11.8 Å². The third kappa shape index (κ3) is 5.08. The minimum absolute atomic E-state index is 0.115. The van der Waals surface area contributed by atoms with Crippen LogP contribution >= 0.6 is 11.8 Å². The molecule has 0 fully saturated rings. The summed E-state index contributed by atoms with van der Waals surface area (Å²) in [5.41, 5.74) is 2.86. The standard InChI is InChI=1S/C19H20O2S/c1-15(2)19(20)21-13-18(17-11-7-4-8-12-17)22-14-16-9-5-3-6-10-16/h3-12,18H,1,13-14H2,2H3. The van der Waals surface area contributed by atoms with Crippen molar-refractivity contribution < 1.29 is 9.53 Å². The Balaban J connectivity index is 2.02. The van der Waals surface area contributed by atoms with Crippen LogP contribution in [0.5, 0.6) is 0 Å². The molecule has 2 rings (SSSR count). The highest BCUT2D eigenvalue weighted by molar-refractivity contribution is 7.98. The lowest BCUT2D eigenvalue weighted by molar-refractivity contribution is -0.138. The molecule has 0 aliphatic carbocycles. The molecule has 0 aliphatic heterocycles. The van der Waals surface area contributed by atoms with Gasteiger partial charge in [-0.1, -0.05) is 67.2 Å². The summed E-state index contributed by atoms with van der Waals surface area (Å²) in [6, 6.07) is 20.4. The van der Waals surface area contributed by atoms with E-state index in [4.69, 9.17) is 4.74 Å². The van der Waals surface area contributed by atoms with Crippen LogP contribution in [0.1, 0.15) is 23.3 Å². The summed E-state index contributed by atoms with van der Waals surface area (Å²) in [4.78, 5) is 11.6. The minimum Gasteiger partial charge on any atom is -0.461 e. The van der Waals surface area contributed by atoms with E-state index in [1.807, 2.05) is 36.4 Å². The Hall–Kier alpha value is -2.00. The zero-order valence-corrected chi connectivity index (χ0v) is 13.5. The van der Waals surface area contributed by atoms with E-state index in [0.29, 0.717) is 12.2 Å². The predicted molar refractivity (Wildman–Crippen MR) is 92.7 cm³/mol. The van der Waals surface area contributed by atoms with E-state index in [2.05, 4.69) is 30.8 Å². The molecule has 0 saturated heterocycles. The van der Waals surface area contributed by atoms with Crippen LogP contribution in [0.4, 0.5) is 0 Å². The summed E-state index contributed by atoms with van der Waals surface area (Å²) in [5, 5.41) is 0.115. The van der Waals surface area contributed by atoms with Gasteiger partial charge in [-0.25, -0.2) is 4.79 Å². The van der Waals surface area contributed by atoms with Crippen LogP contribution in [-0.2, 0) is 15.3 Å². The lowest BCUT2D eigenvalue weighted by Gasteiger charge is -2.17. The van der Waals surface area contributed by atoms with Gasteiger partial charge < -0.3 is 4.74 Å². The molecule has 0 saturated carbocycles. The van der Waals surface area contributed by atoms with Crippen molar-refractivity contribution in [3.05, 3.63) is 83.9 Å². The molecule has 0 aromatic heterocycles. The highest BCUT2D eigenvalue weighted by Crippen LogP contribution is 2.32. The summed E-state index contributed by atoms with van der Waals surface area (Å²) in [6.45, 7) is 5.64. The Bertz CT molecular complexity index is 608. The largest absolute Gasteiger partial charge is 0.461 e. The Morgan fingerprint density at radius 2 is 1.68 bits per heavy atom. The number of ether oxygens (including phenoxy) is 1. The first-order valence-corrected chi connectivity index (χ1v) is 8.25. The van der Waals surface area contributed by atoms with Gasteiger partial charge in [0, 0.05) is 11.3 Å². The first-order valence-electron chi connectivity index (χ1n) is 7.20. The molecule has 2 aromatic rings. The fourth-order valence-electron chi connectivity index (χ4n) is 1.95. The number of rotatable bonds is 7. The van der Waals surface area contributed by atoms with Crippen LogP contribution in [0, 0.1) is 0 Å². The van der Waals surface area contributed by atoms with Crippen LogP contribution in [0.15, 0.2) is 72.8 Å². The number of esters is 1. The molecule has 0 heterocycles. The normalized spacial score (nSPS) is 11.7. The topological polar surface area (TPSA) is 26.3 Å². The SMILES string of the molecule is C=C(C)C(=O)OCC(SCc1ccccc1)c1ccccc1. The van der Waals surface area contributed by atoms with E-state index < -0.39 is 0 Å². The fraction of sp³-hybridized carbons (Fsp3) is 0.211. The highest BCUT2D eigenvalue weighted by atomic mass is 32.2. The monoisotopic (exact) mass is 312 g/mol. The van der Waals surface area contributed by atoms with Crippen molar-refractivity contribution in [2.45, 2.75) is 17.9 Å². The minimum atomic E-state index is -0.332. The van der Waals surface area contributed by atoms with Gasteiger partial charge in [0.2, 0.25) is 0 Å². The first-order chi connectivity index (χ1) is 10.7. The molecule has 0 N–H and O–H groups in total. The van der Waals surface area contributed by atoms with Gasteiger partial charge in [0.15, 0.2) is 0 Å². The van der Waals surface area contributed by atoms with E-state index in [1.165, 1.54) is 5.56 Å². The molecule has 2 aromatic carbocycles. The summed E-state index contributed by atoms with van der Waals surface area (Å²) in [7, 11) is 0. The molecule has 3 heteroatoms. The second kappa shape index (κ2) is 8.44. The molecule has 0 amide bonds. The molecule has 1 atom stereocenters. The zero-order chi connectivity index (χ0) is 15.8. The van der Waals surface area contributed by atoms with Crippen LogP contribution in [-0.4, -0.2) is 12.6 Å². The lowest BCUT2D eigenvalue weighted by Crippen LogP contribution is -2.11. The maximum absolute atomic E-state index is 11.6. The number of carbonyl (C=O) groups excluding carboxylic acids is 1. The molecule has 0 radical (unpaired) electrons. The van der Waals surface area contributed by atoms with Crippen LogP contribution in [0.2, 0.25) is 0 Å². The van der Waals surface area contributed by atoms with Gasteiger partial charge in [0.1, 0.15) is 6.61 Å². The number of carbonyl (C=O) groups is 1. The van der Waals surface area contributed by atoms with Gasteiger partial charge in [0.25, 0.3) is 0 Å². The summed E-state index contributed by atoms with van der Waals surface area (Å²) < 4.78 is 5.35. The predicted octanol–water partition coefficient (Wildman–Crippen LogP) is 4.78. The maximum atomic E-state index is 11.6. The Labute approximate surface area is 136 Å². The van der Waals surface area contributed by atoms with E-state index in [1.54, 1.807) is 18.7 Å². The number of hydrogen-bond donors (Lipinski definition) is 0. The molecule has 114 valence electrons. The third-order valence-electron chi connectivity index (χ3n) is 3.18. The second-order valence-electron chi connectivity index (χ2n) is 5.07. The van der Waals surface area contributed by atoms with E-state index in [0.717, 1.165) is 11.3 Å². The summed E-state index contributed by atoms with van der Waals surface area (Å²) >= 11 is 1.77. The van der Waals surface area contributed by atoms with Gasteiger partial charge >= 0.3 is 5.97 Å². The van der Waals surface area contributed by atoms with Gasteiger partial charge in [0.05, 0.1) is 5.25 Å². The van der Waals surface area contributed by atoms with Crippen molar-refractivity contribution in [2.24, 2.45) is 0 Å². The zero-order valence-electron chi connectivity index (χ0n) is 12.7. The smallest absolute Gasteiger partial charge is 0.333 e. The number of hydrogen-bond acceptors (Lipinski definition) is 3. The molecule has 0 bridgehead atoms. The molecule has 1 unspecified atom stereocenters. The van der Waals surface area contributed by atoms with Crippen LogP contribution < -0.4 is 0 Å². The lowest BCUT2D eigenvalue weighted by atomic mass is 10.1. The Morgan fingerprint density at radius 3 is 2.27 bits per heavy atom. The van der Waals surface area contributed by atoms with E-state index in [-0.39, 0.29) is 11.2 Å². The van der Waals surface area contributed by atoms with Gasteiger partial charge in [-0.05, 0) is 18.1 Å². The highest BCUT2D eigenvalue weighted by Gasteiger charge is 2.15. The summed E-state index contributed by atoms with van der Waals surface area (Å²) in [6.07, 6.45) is 0. The Morgan fingerprint density at radius 1 is 1.09 bits per heavy atom. The quantitative estimate of drug-likeness (QED) is 0.543.